The Morgan fingerprint density at radius 2 is 2.27 bits per heavy atom. The first-order chi connectivity index (χ1) is 7.29. The molecular formula is C12H18N2O. The molecule has 15 heavy (non-hydrogen) atoms. The van der Waals surface area contributed by atoms with E-state index in [0.717, 1.165) is 18.2 Å². The van der Waals surface area contributed by atoms with Crippen LogP contribution >= 0.6 is 0 Å². The molecule has 82 valence electrons. The quantitative estimate of drug-likeness (QED) is 0.805. The second kappa shape index (κ2) is 4.62. The van der Waals surface area contributed by atoms with Crippen molar-refractivity contribution in [3.63, 3.8) is 0 Å². The number of ether oxygens (including phenoxy) is 1. The number of piperidine rings is 1. The van der Waals surface area contributed by atoms with Crippen LogP contribution in [0.25, 0.3) is 0 Å². The van der Waals surface area contributed by atoms with Gasteiger partial charge in [-0.3, -0.25) is 4.98 Å². The molecule has 1 fully saturated rings. The number of nitrogens with zero attached hydrogens (tertiary/aromatic N) is 1. The summed E-state index contributed by atoms with van der Waals surface area (Å²) in [5.41, 5.74) is 1.24. The molecule has 0 aromatic carbocycles. The van der Waals surface area contributed by atoms with Crippen molar-refractivity contribution in [1.29, 1.82) is 0 Å². The van der Waals surface area contributed by atoms with E-state index in [4.69, 9.17) is 4.74 Å². The largest absolute Gasteiger partial charge is 0.495 e. The molecule has 0 saturated carbocycles. The highest BCUT2D eigenvalue weighted by Crippen LogP contribution is 2.26. The zero-order valence-corrected chi connectivity index (χ0v) is 9.36. The SMILES string of the molecule is COc1cncc([C@@H]2CC[C@@H](C)CN2)c1. The molecule has 2 heterocycles. The van der Waals surface area contributed by atoms with Gasteiger partial charge in [0.1, 0.15) is 5.75 Å². The molecule has 3 heteroatoms. The van der Waals surface area contributed by atoms with Crippen LogP contribution in [0.1, 0.15) is 31.4 Å². The van der Waals surface area contributed by atoms with E-state index in [0.29, 0.717) is 6.04 Å². The van der Waals surface area contributed by atoms with Gasteiger partial charge in [-0.1, -0.05) is 6.92 Å². The lowest BCUT2D eigenvalue weighted by Gasteiger charge is -2.28. The first kappa shape index (κ1) is 10.4. The lowest BCUT2D eigenvalue weighted by atomic mass is 9.93. The van der Waals surface area contributed by atoms with Crippen LogP contribution in [0.15, 0.2) is 18.5 Å². The van der Waals surface area contributed by atoms with E-state index in [-0.39, 0.29) is 0 Å². The fraction of sp³-hybridized carbons (Fsp3) is 0.583. The summed E-state index contributed by atoms with van der Waals surface area (Å²) in [6.07, 6.45) is 6.15. The van der Waals surface area contributed by atoms with Gasteiger partial charge in [-0.2, -0.15) is 0 Å². The summed E-state index contributed by atoms with van der Waals surface area (Å²) in [6.45, 7) is 3.38. The third-order valence-electron chi connectivity index (χ3n) is 3.03. The normalized spacial score (nSPS) is 26.3. The molecule has 1 aromatic heterocycles. The fourth-order valence-electron chi connectivity index (χ4n) is 2.02. The molecule has 1 aliphatic rings. The van der Waals surface area contributed by atoms with Crippen LogP contribution in [0.2, 0.25) is 0 Å². The van der Waals surface area contributed by atoms with Crippen molar-refractivity contribution in [3.05, 3.63) is 24.0 Å². The third-order valence-corrected chi connectivity index (χ3v) is 3.03. The van der Waals surface area contributed by atoms with Crippen LogP contribution < -0.4 is 10.1 Å². The molecule has 2 atom stereocenters. The Hall–Kier alpha value is -1.09. The maximum absolute atomic E-state index is 5.18. The van der Waals surface area contributed by atoms with Crippen molar-refractivity contribution in [2.75, 3.05) is 13.7 Å². The van der Waals surface area contributed by atoms with Crippen molar-refractivity contribution >= 4 is 0 Å². The van der Waals surface area contributed by atoms with Gasteiger partial charge in [0.15, 0.2) is 0 Å². The van der Waals surface area contributed by atoms with Gasteiger partial charge in [-0.15, -0.1) is 0 Å². The van der Waals surface area contributed by atoms with Crippen molar-refractivity contribution in [1.82, 2.24) is 10.3 Å². The molecule has 2 rings (SSSR count). The minimum atomic E-state index is 0.448. The third kappa shape index (κ3) is 2.48. The van der Waals surface area contributed by atoms with Crippen LogP contribution in [0.5, 0.6) is 5.75 Å². The number of nitrogens with one attached hydrogen (secondary N) is 1. The highest BCUT2D eigenvalue weighted by atomic mass is 16.5. The Morgan fingerprint density at radius 3 is 2.93 bits per heavy atom. The van der Waals surface area contributed by atoms with Crippen LogP contribution in [-0.4, -0.2) is 18.6 Å². The zero-order valence-electron chi connectivity index (χ0n) is 9.36. The smallest absolute Gasteiger partial charge is 0.137 e. The molecule has 1 aliphatic heterocycles. The standard InChI is InChI=1S/C12H18N2O/c1-9-3-4-12(14-6-9)10-5-11(15-2)8-13-7-10/h5,7-9,12,14H,3-4,6H2,1-2H3/t9-,12+/m1/s1. The first-order valence-corrected chi connectivity index (χ1v) is 5.52. The second-order valence-electron chi connectivity index (χ2n) is 4.30. The Balaban J connectivity index is 2.08. The van der Waals surface area contributed by atoms with Crippen molar-refractivity contribution in [2.45, 2.75) is 25.8 Å². The molecule has 0 aliphatic carbocycles. The number of hydrogen-bond acceptors (Lipinski definition) is 3. The van der Waals surface area contributed by atoms with E-state index in [2.05, 4.69) is 23.3 Å². The van der Waals surface area contributed by atoms with Gasteiger partial charge in [-0.25, -0.2) is 0 Å². The summed E-state index contributed by atoms with van der Waals surface area (Å²) >= 11 is 0. The van der Waals surface area contributed by atoms with Gasteiger partial charge >= 0.3 is 0 Å². The van der Waals surface area contributed by atoms with Gasteiger partial charge in [0.05, 0.1) is 13.3 Å². The Kier molecular flexibility index (Phi) is 3.21. The molecule has 0 radical (unpaired) electrons. The summed E-state index contributed by atoms with van der Waals surface area (Å²) < 4.78 is 5.18. The van der Waals surface area contributed by atoms with Crippen molar-refractivity contribution in [2.24, 2.45) is 5.92 Å². The topological polar surface area (TPSA) is 34.1 Å². The summed E-state index contributed by atoms with van der Waals surface area (Å²) in [7, 11) is 1.68. The van der Waals surface area contributed by atoms with E-state index in [1.54, 1.807) is 13.3 Å². The van der Waals surface area contributed by atoms with E-state index in [1.165, 1.54) is 18.4 Å². The molecule has 3 nitrogen and oxygen atoms in total. The minimum absolute atomic E-state index is 0.448. The highest BCUT2D eigenvalue weighted by molar-refractivity contribution is 5.26. The summed E-state index contributed by atoms with van der Waals surface area (Å²) in [5.74, 6) is 1.63. The number of aromatic nitrogens is 1. The van der Waals surface area contributed by atoms with Gasteiger partial charge in [0.25, 0.3) is 0 Å². The number of pyridine rings is 1. The van der Waals surface area contributed by atoms with Gasteiger partial charge in [0, 0.05) is 12.2 Å². The van der Waals surface area contributed by atoms with Crippen LogP contribution in [0.3, 0.4) is 0 Å². The van der Waals surface area contributed by atoms with Gasteiger partial charge in [0.2, 0.25) is 0 Å². The average Bonchev–Trinajstić information content (AvgIpc) is 2.30. The fourth-order valence-corrected chi connectivity index (χ4v) is 2.02. The van der Waals surface area contributed by atoms with Crippen molar-refractivity contribution < 1.29 is 4.74 Å². The van der Waals surface area contributed by atoms with E-state index >= 15 is 0 Å². The molecule has 1 saturated heterocycles. The predicted molar refractivity (Wildman–Crippen MR) is 59.9 cm³/mol. The minimum Gasteiger partial charge on any atom is -0.495 e. The zero-order chi connectivity index (χ0) is 10.7. The number of rotatable bonds is 2. The van der Waals surface area contributed by atoms with Crippen molar-refractivity contribution in [3.8, 4) is 5.75 Å². The Morgan fingerprint density at radius 1 is 1.40 bits per heavy atom. The van der Waals surface area contributed by atoms with E-state index in [1.807, 2.05) is 6.20 Å². The maximum Gasteiger partial charge on any atom is 0.137 e. The molecule has 0 amide bonds. The molecule has 1 aromatic rings. The van der Waals surface area contributed by atoms with Crippen LogP contribution in [-0.2, 0) is 0 Å². The van der Waals surface area contributed by atoms with Gasteiger partial charge in [-0.05, 0) is 36.9 Å². The van der Waals surface area contributed by atoms with Gasteiger partial charge < -0.3 is 10.1 Å². The van der Waals surface area contributed by atoms with E-state index in [9.17, 15) is 0 Å². The Labute approximate surface area is 90.9 Å². The molecule has 0 spiro atoms. The highest BCUT2D eigenvalue weighted by Gasteiger charge is 2.19. The van der Waals surface area contributed by atoms with Crippen LogP contribution in [0, 0.1) is 5.92 Å². The molecule has 0 bridgehead atoms. The predicted octanol–water partition coefficient (Wildman–Crippen LogP) is 2.15. The summed E-state index contributed by atoms with van der Waals surface area (Å²) in [5, 5.41) is 3.54. The molecule has 0 unspecified atom stereocenters. The lowest BCUT2D eigenvalue weighted by molar-refractivity contribution is 0.331. The number of methoxy groups -OCH3 is 1. The van der Waals surface area contributed by atoms with E-state index < -0.39 is 0 Å². The first-order valence-electron chi connectivity index (χ1n) is 5.52. The monoisotopic (exact) mass is 206 g/mol. The lowest BCUT2D eigenvalue weighted by Crippen LogP contribution is -2.31. The maximum atomic E-state index is 5.18. The van der Waals surface area contributed by atoms with Crippen LogP contribution in [0.4, 0.5) is 0 Å². The Bertz CT molecular complexity index is 319. The molecule has 1 N–H and O–H groups in total. The average molecular weight is 206 g/mol. The summed E-state index contributed by atoms with van der Waals surface area (Å²) in [6, 6.07) is 2.52. The number of hydrogen-bond donors (Lipinski definition) is 1. The molecular weight excluding hydrogens is 188 g/mol. The second-order valence-corrected chi connectivity index (χ2v) is 4.30. The summed E-state index contributed by atoms with van der Waals surface area (Å²) in [4.78, 5) is 4.18.